The van der Waals surface area contributed by atoms with Crippen LogP contribution in [0.2, 0.25) is 0 Å². The van der Waals surface area contributed by atoms with Gasteiger partial charge in [-0.2, -0.15) is 0 Å². The van der Waals surface area contributed by atoms with E-state index in [2.05, 4.69) is 5.32 Å². The van der Waals surface area contributed by atoms with Gasteiger partial charge in [0.25, 0.3) is 0 Å². The van der Waals surface area contributed by atoms with Crippen LogP contribution in [0, 0.1) is 0 Å². The van der Waals surface area contributed by atoms with E-state index in [1.807, 2.05) is 54.6 Å². The Morgan fingerprint density at radius 2 is 1.92 bits per heavy atom. The van der Waals surface area contributed by atoms with Gasteiger partial charge in [-0.15, -0.1) is 0 Å². The maximum atomic E-state index is 12.0. The number of rotatable bonds is 7. The van der Waals surface area contributed by atoms with Crippen LogP contribution in [0.1, 0.15) is 12.0 Å². The predicted octanol–water partition coefficient (Wildman–Crippen LogP) is 2.77. The molecule has 1 aliphatic rings. The predicted molar refractivity (Wildman–Crippen MR) is 98.4 cm³/mol. The molecule has 6 nitrogen and oxygen atoms in total. The zero-order valence-electron chi connectivity index (χ0n) is 14.7. The van der Waals surface area contributed by atoms with Gasteiger partial charge in [-0.1, -0.05) is 30.3 Å². The summed E-state index contributed by atoms with van der Waals surface area (Å²) < 4.78 is 10.4. The van der Waals surface area contributed by atoms with Gasteiger partial charge < -0.3 is 14.8 Å². The molecule has 0 saturated carbocycles. The molecule has 1 aliphatic heterocycles. The van der Waals surface area contributed by atoms with Gasteiger partial charge in [-0.05, 0) is 36.2 Å². The van der Waals surface area contributed by atoms with Crippen molar-refractivity contribution in [3.8, 4) is 5.75 Å². The quantitative estimate of drug-likeness (QED) is 0.830. The van der Waals surface area contributed by atoms with Gasteiger partial charge in [0, 0.05) is 12.1 Å². The van der Waals surface area contributed by atoms with Gasteiger partial charge in [0.15, 0.2) is 0 Å². The second kappa shape index (κ2) is 8.38. The molecular weight excluding hydrogens is 332 g/mol. The number of amides is 2. The van der Waals surface area contributed by atoms with Crippen LogP contribution in [-0.4, -0.2) is 38.3 Å². The van der Waals surface area contributed by atoms with E-state index in [1.54, 1.807) is 12.0 Å². The molecule has 2 amide bonds. The van der Waals surface area contributed by atoms with Crippen LogP contribution >= 0.6 is 0 Å². The number of methoxy groups -OCH3 is 1. The first-order valence-electron chi connectivity index (χ1n) is 8.58. The molecule has 0 aromatic heterocycles. The van der Waals surface area contributed by atoms with Gasteiger partial charge in [0.1, 0.15) is 11.9 Å². The standard InChI is InChI=1S/C20H22N2O4/c1-25-17-10-7-15(8-11-17)9-12-19(23)21-13-18-14-22(20(24)26-18)16-5-3-2-4-6-16/h2-8,10-11,18H,9,12-14H2,1H3,(H,21,23)/t18-/m0/s1. The summed E-state index contributed by atoms with van der Waals surface area (Å²) in [5.74, 6) is 0.735. The van der Waals surface area contributed by atoms with Gasteiger partial charge in [-0.25, -0.2) is 4.79 Å². The Balaban J connectivity index is 1.42. The number of para-hydroxylation sites is 1. The lowest BCUT2D eigenvalue weighted by Crippen LogP contribution is -2.34. The number of nitrogens with one attached hydrogen (secondary N) is 1. The van der Waals surface area contributed by atoms with Crippen molar-refractivity contribution in [1.82, 2.24) is 5.32 Å². The summed E-state index contributed by atoms with van der Waals surface area (Å²) in [4.78, 5) is 25.6. The van der Waals surface area contributed by atoms with E-state index in [-0.39, 0.29) is 18.1 Å². The van der Waals surface area contributed by atoms with Crippen molar-refractivity contribution in [2.24, 2.45) is 0 Å². The number of hydrogen-bond donors (Lipinski definition) is 1. The van der Waals surface area contributed by atoms with E-state index in [0.717, 1.165) is 17.0 Å². The minimum Gasteiger partial charge on any atom is -0.497 e. The summed E-state index contributed by atoms with van der Waals surface area (Å²) in [5.41, 5.74) is 1.87. The number of ether oxygens (including phenoxy) is 2. The van der Waals surface area contributed by atoms with Gasteiger partial charge in [0.05, 0.1) is 20.2 Å². The summed E-state index contributed by atoms with van der Waals surface area (Å²) in [6.45, 7) is 0.748. The van der Waals surface area contributed by atoms with E-state index >= 15 is 0 Å². The van der Waals surface area contributed by atoms with Crippen molar-refractivity contribution < 1.29 is 19.1 Å². The van der Waals surface area contributed by atoms with Gasteiger partial charge >= 0.3 is 6.09 Å². The number of carbonyl (C=O) groups is 2. The van der Waals surface area contributed by atoms with Crippen LogP contribution in [0.15, 0.2) is 54.6 Å². The SMILES string of the molecule is COc1ccc(CCC(=O)NC[C@H]2CN(c3ccccc3)C(=O)O2)cc1. The Bertz CT molecular complexity index is 746. The van der Waals surface area contributed by atoms with Crippen LogP contribution in [0.4, 0.5) is 10.5 Å². The van der Waals surface area contributed by atoms with Crippen molar-refractivity contribution in [2.75, 3.05) is 25.1 Å². The van der Waals surface area contributed by atoms with E-state index in [9.17, 15) is 9.59 Å². The Labute approximate surface area is 152 Å². The average Bonchev–Trinajstić information content (AvgIpc) is 3.06. The summed E-state index contributed by atoms with van der Waals surface area (Å²) in [5, 5.41) is 2.84. The molecule has 6 heteroatoms. The lowest BCUT2D eigenvalue weighted by atomic mass is 10.1. The molecule has 0 aliphatic carbocycles. The Morgan fingerprint density at radius 1 is 1.19 bits per heavy atom. The maximum absolute atomic E-state index is 12.0. The van der Waals surface area contributed by atoms with Gasteiger partial charge in [-0.3, -0.25) is 9.69 Å². The third-order valence-electron chi connectivity index (χ3n) is 4.27. The second-order valence-electron chi connectivity index (χ2n) is 6.10. The molecule has 0 spiro atoms. The van der Waals surface area contributed by atoms with Crippen molar-refractivity contribution in [3.63, 3.8) is 0 Å². The number of nitrogens with zero attached hydrogens (tertiary/aromatic N) is 1. The number of hydrogen-bond acceptors (Lipinski definition) is 4. The van der Waals surface area contributed by atoms with Crippen molar-refractivity contribution in [3.05, 3.63) is 60.2 Å². The van der Waals surface area contributed by atoms with Crippen molar-refractivity contribution >= 4 is 17.7 Å². The van der Waals surface area contributed by atoms with Crippen molar-refractivity contribution in [2.45, 2.75) is 18.9 Å². The zero-order chi connectivity index (χ0) is 18.4. The molecule has 1 saturated heterocycles. The molecule has 2 aromatic rings. The van der Waals surface area contributed by atoms with E-state index in [1.165, 1.54) is 0 Å². The zero-order valence-corrected chi connectivity index (χ0v) is 14.7. The number of cyclic esters (lactones) is 1. The monoisotopic (exact) mass is 354 g/mol. The highest BCUT2D eigenvalue weighted by Crippen LogP contribution is 2.20. The lowest BCUT2D eigenvalue weighted by molar-refractivity contribution is -0.121. The molecule has 0 unspecified atom stereocenters. The van der Waals surface area contributed by atoms with Crippen LogP contribution in [0.25, 0.3) is 0 Å². The smallest absolute Gasteiger partial charge is 0.414 e. The minimum absolute atomic E-state index is 0.0602. The highest BCUT2D eigenvalue weighted by molar-refractivity contribution is 5.89. The molecule has 0 radical (unpaired) electrons. The van der Waals surface area contributed by atoms with E-state index in [0.29, 0.717) is 25.9 Å². The first kappa shape index (κ1) is 17.8. The Hall–Kier alpha value is -3.02. The molecule has 26 heavy (non-hydrogen) atoms. The van der Waals surface area contributed by atoms with Crippen LogP contribution in [0.5, 0.6) is 5.75 Å². The minimum atomic E-state index is -0.381. The van der Waals surface area contributed by atoms with Gasteiger partial charge in [0.2, 0.25) is 5.91 Å². The first-order chi connectivity index (χ1) is 12.7. The third-order valence-corrected chi connectivity index (χ3v) is 4.27. The van der Waals surface area contributed by atoms with Crippen LogP contribution < -0.4 is 15.0 Å². The highest BCUT2D eigenvalue weighted by Gasteiger charge is 2.32. The summed E-state index contributed by atoms with van der Waals surface area (Å²) in [6.07, 6.45) is 0.313. The third kappa shape index (κ3) is 4.53. The molecule has 1 N–H and O–H groups in total. The summed E-state index contributed by atoms with van der Waals surface area (Å²) in [6, 6.07) is 17.0. The molecule has 1 atom stereocenters. The lowest BCUT2D eigenvalue weighted by Gasteiger charge is -2.12. The Kier molecular flexibility index (Phi) is 5.73. The molecular formula is C20H22N2O4. The molecule has 0 bridgehead atoms. The normalized spacial score (nSPS) is 16.3. The number of carbonyl (C=O) groups excluding carboxylic acids is 2. The fourth-order valence-electron chi connectivity index (χ4n) is 2.81. The fraction of sp³-hybridized carbons (Fsp3) is 0.300. The fourth-order valence-corrected chi connectivity index (χ4v) is 2.81. The van der Waals surface area contributed by atoms with E-state index < -0.39 is 0 Å². The topological polar surface area (TPSA) is 67.9 Å². The average molecular weight is 354 g/mol. The second-order valence-corrected chi connectivity index (χ2v) is 6.10. The highest BCUT2D eigenvalue weighted by atomic mass is 16.6. The maximum Gasteiger partial charge on any atom is 0.414 e. The van der Waals surface area contributed by atoms with Crippen LogP contribution in [0.3, 0.4) is 0 Å². The molecule has 2 aromatic carbocycles. The van der Waals surface area contributed by atoms with E-state index in [4.69, 9.17) is 9.47 Å². The first-order valence-corrected chi connectivity index (χ1v) is 8.58. The molecule has 1 heterocycles. The molecule has 1 fully saturated rings. The van der Waals surface area contributed by atoms with Crippen LogP contribution in [-0.2, 0) is 16.0 Å². The molecule has 3 rings (SSSR count). The Morgan fingerprint density at radius 3 is 2.62 bits per heavy atom. The number of anilines is 1. The number of aryl methyl sites for hydroxylation is 1. The number of benzene rings is 2. The largest absolute Gasteiger partial charge is 0.497 e. The van der Waals surface area contributed by atoms with Crippen molar-refractivity contribution in [1.29, 1.82) is 0 Å². The summed E-state index contributed by atoms with van der Waals surface area (Å²) >= 11 is 0. The summed E-state index contributed by atoms with van der Waals surface area (Å²) in [7, 11) is 1.62. The molecule has 136 valence electrons.